The minimum atomic E-state index is -1.06. The van der Waals surface area contributed by atoms with Gasteiger partial charge in [0, 0.05) is 31.3 Å². The van der Waals surface area contributed by atoms with Gasteiger partial charge >= 0.3 is 6.09 Å². The van der Waals surface area contributed by atoms with Crippen molar-refractivity contribution in [1.29, 1.82) is 5.26 Å². The molecule has 1 aromatic carbocycles. The number of benzene rings is 1. The molecule has 2 aromatic rings. The third-order valence-electron chi connectivity index (χ3n) is 4.53. The maximum absolute atomic E-state index is 14.0. The number of halogens is 1. The number of amides is 1. The number of aliphatic hydroxyl groups is 1. The number of aliphatic hydroxyl groups excluding tert-OH is 1. The van der Waals surface area contributed by atoms with E-state index in [1.54, 1.807) is 18.2 Å². The Morgan fingerprint density at radius 1 is 1.36 bits per heavy atom. The lowest BCUT2D eigenvalue weighted by molar-refractivity contribution is 0.0908. The molecule has 1 amide bonds. The van der Waals surface area contributed by atoms with Gasteiger partial charge in [-0.05, 0) is 18.2 Å². The van der Waals surface area contributed by atoms with Gasteiger partial charge in [0.1, 0.15) is 18.2 Å². The highest BCUT2D eigenvalue weighted by Gasteiger charge is 2.30. The molecule has 0 bridgehead atoms. The molecule has 2 N–H and O–H groups in total. The standard InChI is InChI=1S/C19H19FN4O4/c20-16-8-13(9-21)4-5-14(16)12-28-18-3-1-2-17(22-18)23-6-7-24(19(26)27)15(10-23)11-25/h1-5,8,15,25H,6-7,10-12H2,(H,26,27). The van der Waals surface area contributed by atoms with E-state index in [0.717, 1.165) is 6.07 Å². The highest BCUT2D eigenvalue weighted by atomic mass is 19.1. The summed E-state index contributed by atoms with van der Waals surface area (Å²) in [5.41, 5.74) is 0.543. The average molecular weight is 386 g/mol. The van der Waals surface area contributed by atoms with Gasteiger partial charge in [-0.15, -0.1) is 0 Å². The zero-order valence-corrected chi connectivity index (χ0v) is 15.0. The average Bonchev–Trinajstić information content (AvgIpc) is 2.72. The van der Waals surface area contributed by atoms with Crippen LogP contribution in [0.2, 0.25) is 0 Å². The van der Waals surface area contributed by atoms with Crippen LogP contribution in [0.1, 0.15) is 11.1 Å². The van der Waals surface area contributed by atoms with Gasteiger partial charge in [-0.3, -0.25) is 4.90 Å². The normalized spacial score (nSPS) is 16.5. The predicted molar refractivity (Wildman–Crippen MR) is 97.5 cm³/mol. The summed E-state index contributed by atoms with van der Waals surface area (Å²) < 4.78 is 19.5. The van der Waals surface area contributed by atoms with E-state index in [-0.39, 0.29) is 25.3 Å². The van der Waals surface area contributed by atoms with E-state index >= 15 is 0 Å². The highest BCUT2D eigenvalue weighted by Crippen LogP contribution is 2.21. The zero-order valence-electron chi connectivity index (χ0n) is 15.0. The van der Waals surface area contributed by atoms with Crippen LogP contribution in [0.4, 0.5) is 15.0 Å². The number of carbonyl (C=O) groups is 1. The Hall–Kier alpha value is -3.38. The van der Waals surface area contributed by atoms with Crippen molar-refractivity contribution in [3.8, 4) is 11.9 Å². The van der Waals surface area contributed by atoms with Gasteiger partial charge < -0.3 is 19.8 Å². The number of piperazine rings is 1. The molecule has 146 valence electrons. The number of hydrogen-bond donors (Lipinski definition) is 2. The lowest BCUT2D eigenvalue weighted by Gasteiger charge is -2.39. The van der Waals surface area contributed by atoms with Gasteiger partial charge in [-0.25, -0.2) is 9.18 Å². The molecule has 1 atom stereocenters. The van der Waals surface area contributed by atoms with Crippen molar-refractivity contribution < 1.29 is 24.1 Å². The van der Waals surface area contributed by atoms with Crippen molar-refractivity contribution >= 4 is 11.9 Å². The van der Waals surface area contributed by atoms with Crippen LogP contribution in [0.3, 0.4) is 0 Å². The fourth-order valence-corrected chi connectivity index (χ4v) is 3.02. The Bertz CT molecular complexity index is 902. The molecule has 1 aliphatic heterocycles. The molecule has 1 aromatic heterocycles. The van der Waals surface area contributed by atoms with Crippen molar-refractivity contribution in [3.63, 3.8) is 0 Å². The highest BCUT2D eigenvalue weighted by molar-refractivity contribution is 5.66. The molecular weight excluding hydrogens is 367 g/mol. The van der Waals surface area contributed by atoms with Crippen LogP contribution in [0.15, 0.2) is 36.4 Å². The summed E-state index contributed by atoms with van der Waals surface area (Å²) in [5.74, 6) is 0.356. The first-order valence-electron chi connectivity index (χ1n) is 8.65. The molecule has 1 saturated heterocycles. The van der Waals surface area contributed by atoms with E-state index < -0.39 is 18.0 Å². The Balaban J connectivity index is 1.67. The lowest BCUT2D eigenvalue weighted by atomic mass is 10.1. The second-order valence-electron chi connectivity index (χ2n) is 6.30. The van der Waals surface area contributed by atoms with Crippen molar-refractivity contribution in [2.45, 2.75) is 12.6 Å². The number of rotatable bonds is 5. The van der Waals surface area contributed by atoms with E-state index in [4.69, 9.17) is 10.00 Å². The number of ether oxygens (including phenoxy) is 1. The fraction of sp³-hybridized carbons (Fsp3) is 0.316. The topological polar surface area (TPSA) is 110 Å². The number of anilines is 1. The van der Waals surface area contributed by atoms with Crippen molar-refractivity contribution in [2.75, 3.05) is 31.1 Å². The van der Waals surface area contributed by atoms with Crippen LogP contribution in [-0.2, 0) is 6.61 Å². The van der Waals surface area contributed by atoms with Crippen LogP contribution in [0.25, 0.3) is 0 Å². The van der Waals surface area contributed by atoms with Gasteiger partial charge in [-0.1, -0.05) is 12.1 Å². The second kappa shape index (κ2) is 8.54. The summed E-state index contributed by atoms with van der Waals surface area (Å²) in [6, 6.07) is 10.6. The lowest BCUT2D eigenvalue weighted by Crippen LogP contribution is -2.56. The van der Waals surface area contributed by atoms with E-state index in [1.165, 1.54) is 17.0 Å². The second-order valence-corrected chi connectivity index (χ2v) is 6.30. The van der Waals surface area contributed by atoms with Gasteiger partial charge in [0.15, 0.2) is 0 Å². The smallest absolute Gasteiger partial charge is 0.407 e. The van der Waals surface area contributed by atoms with Crippen LogP contribution < -0.4 is 9.64 Å². The van der Waals surface area contributed by atoms with Gasteiger partial charge in [0.2, 0.25) is 5.88 Å². The molecule has 1 fully saturated rings. The van der Waals surface area contributed by atoms with Crippen LogP contribution in [-0.4, -0.2) is 58.5 Å². The number of carboxylic acid groups (broad SMARTS) is 1. The summed E-state index contributed by atoms with van der Waals surface area (Å²) in [7, 11) is 0. The van der Waals surface area contributed by atoms with Crippen molar-refractivity contribution in [1.82, 2.24) is 9.88 Å². The Labute approximate surface area is 161 Å². The Kier molecular flexibility index (Phi) is 5.91. The first-order chi connectivity index (χ1) is 13.5. The minimum Gasteiger partial charge on any atom is -0.473 e. The maximum atomic E-state index is 14.0. The summed E-state index contributed by atoms with van der Waals surface area (Å²) in [6.45, 7) is 0.674. The molecule has 0 spiro atoms. The summed E-state index contributed by atoms with van der Waals surface area (Å²) in [6.07, 6.45) is -1.06. The molecule has 8 nitrogen and oxygen atoms in total. The molecule has 0 radical (unpaired) electrons. The molecule has 28 heavy (non-hydrogen) atoms. The molecule has 3 rings (SSSR count). The number of aromatic nitrogens is 1. The SMILES string of the molecule is N#Cc1ccc(COc2cccc(N3CCN(C(=O)O)C(CO)C3)n2)c(F)c1. The Morgan fingerprint density at radius 2 is 2.18 bits per heavy atom. The third-order valence-corrected chi connectivity index (χ3v) is 4.53. The van der Waals surface area contributed by atoms with E-state index in [0.29, 0.717) is 30.4 Å². The summed E-state index contributed by atoms with van der Waals surface area (Å²) >= 11 is 0. The Morgan fingerprint density at radius 3 is 2.86 bits per heavy atom. The predicted octanol–water partition coefficient (Wildman–Crippen LogP) is 1.83. The van der Waals surface area contributed by atoms with E-state index in [1.807, 2.05) is 11.0 Å². The first kappa shape index (κ1) is 19.4. The molecule has 1 unspecified atom stereocenters. The largest absolute Gasteiger partial charge is 0.473 e. The molecule has 0 saturated carbocycles. The summed E-state index contributed by atoms with van der Waals surface area (Å²) in [4.78, 5) is 18.7. The maximum Gasteiger partial charge on any atom is 0.407 e. The van der Waals surface area contributed by atoms with Crippen LogP contribution in [0, 0.1) is 17.1 Å². The number of nitrogens with zero attached hydrogens (tertiary/aromatic N) is 4. The number of hydrogen-bond acceptors (Lipinski definition) is 6. The third kappa shape index (κ3) is 4.29. The first-order valence-corrected chi connectivity index (χ1v) is 8.65. The zero-order chi connectivity index (χ0) is 20.1. The number of pyridine rings is 1. The van der Waals surface area contributed by atoms with Crippen molar-refractivity contribution in [3.05, 3.63) is 53.3 Å². The quantitative estimate of drug-likeness (QED) is 0.807. The van der Waals surface area contributed by atoms with Crippen molar-refractivity contribution in [2.24, 2.45) is 0 Å². The summed E-state index contributed by atoms with van der Waals surface area (Å²) in [5, 5.41) is 27.4. The molecule has 1 aliphatic rings. The van der Waals surface area contributed by atoms with E-state index in [9.17, 15) is 19.4 Å². The molecule has 2 heterocycles. The van der Waals surface area contributed by atoms with Gasteiger partial charge in [0.05, 0.1) is 24.3 Å². The minimum absolute atomic E-state index is 0.0416. The van der Waals surface area contributed by atoms with Crippen LogP contribution >= 0.6 is 0 Å². The number of nitriles is 1. The van der Waals surface area contributed by atoms with Gasteiger partial charge in [-0.2, -0.15) is 10.2 Å². The van der Waals surface area contributed by atoms with Gasteiger partial charge in [0.25, 0.3) is 0 Å². The fourth-order valence-electron chi connectivity index (χ4n) is 3.02. The molecule has 0 aliphatic carbocycles. The molecule has 9 heteroatoms. The molecular formula is C19H19FN4O4. The van der Waals surface area contributed by atoms with E-state index in [2.05, 4.69) is 4.98 Å². The monoisotopic (exact) mass is 386 g/mol. The van der Waals surface area contributed by atoms with Crippen LogP contribution in [0.5, 0.6) is 5.88 Å².